The zero-order valence-corrected chi connectivity index (χ0v) is 9.49. The van der Waals surface area contributed by atoms with Crippen molar-refractivity contribution in [2.45, 2.75) is 44.1 Å². The summed E-state index contributed by atoms with van der Waals surface area (Å²) in [5, 5.41) is 6.91. The van der Waals surface area contributed by atoms with Crippen molar-refractivity contribution in [3.8, 4) is 0 Å². The van der Waals surface area contributed by atoms with Gasteiger partial charge >= 0.3 is 0 Å². The van der Waals surface area contributed by atoms with E-state index in [1.165, 1.54) is 29.9 Å². The fraction of sp³-hybridized carbons (Fsp3) is 0.800. The number of rotatable bonds is 3. The van der Waals surface area contributed by atoms with Gasteiger partial charge in [0.05, 0.1) is 0 Å². The van der Waals surface area contributed by atoms with Gasteiger partial charge in [-0.1, -0.05) is 18.7 Å². The van der Waals surface area contributed by atoms with Crippen LogP contribution in [0.2, 0.25) is 0 Å². The minimum absolute atomic E-state index is 0.102. The molecule has 1 aliphatic carbocycles. The van der Waals surface area contributed by atoms with Crippen LogP contribution in [0.15, 0.2) is 10.6 Å². The molecule has 0 fully saturated rings. The van der Waals surface area contributed by atoms with E-state index < -0.39 is 0 Å². The standard InChI is InChI=1S/C10H19N3S/c1-2-5-12-7-3-4-8-9(6-7)14-10(11)13-8/h7,10,12-13H,2-6,11H2,1H3/t7-,10-/m0/s1. The molecule has 0 spiro atoms. The summed E-state index contributed by atoms with van der Waals surface area (Å²) >= 11 is 1.79. The van der Waals surface area contributed by atoms with Crippen LogP contribution in [-0.2, 0) is 0 Å². The second-order valence-corrected chi connectivity index (χ2v) is 5.21. The highest BCUT2D eigenvalue weighted by Gasteiger charge is 2.27. The summed E-state index contributed by atoms with van der Waals surface area (Å²) in [6, 6.07) is 0.674. The third kappa shape index (κ3) is 2.24. The van der Waals surface area contributed by atoms with Gasteiger partial charge in [-0.15, -0.1) is 0 Å². The van der Waals surface area contributed by atoms with Gasteiger partial charge in [0, 0.05) is 16.6 Å². The zero-order valence-electron chi connectivity index (χ0n) is 8.68. The molecule has 2 rings (SSSR count). The summed E-state index contributed by atoms with van der Waals surface area (Å²) in [6.07, 6.45) is 4.80. The van der Waals surface area contributed by atoms with Crippen LogP contribution < -0.4 is 16.4 Å². The molecule has 2 atom stereocenters. The molecule has 0 aromatic heterocycles. The fourth-order valence-electron chi connectivity index (χ4n) is 2.06. The van der Waals surface area contributed by atoms with Crippen molar-refractivity contribution in [1.29, 1.82) is 0 Å². The summed E-state index contributed by atoms with van der Waals surface area (Å²) in [4.78, 5) is 1.48. The van der Waals surface area contributed by atoms with Gasteiger partial charge in [0.15, 0.2) is 0 Å². The third-order valence-electron chi connectivity index (χ3n) is 2.78. The largest absolute Gasteiger partial charge is 0.364 e. The predicted octanol–water partition coefficient (Wildman–Crippen LogP) is 1.33. The number of nitrogens with one attached hydrogen (secondary N) is 2. The summed E-state index contributed by atoms with van der Waals surface area (Å²) in [6.45, 7) is 3.35. The molecule has 2 aliphatic rings. The van der Waals surface area contributed by atoms with Gasteiger partial charge in [-0.25, -0.2) is 0 Å². The molecule has 1 aliphatic heterocycles. The van der Waals surface area contributed by atoms with Gasteiger partial charge < -0.3 is 16.4 Å². The maximum atomic E-state index is 5.83. The lowest BCUT2D eigenvalue weighted by Crippen LogP contribution is -2.33. The Morgan fingerprint density at radius 1 is 1.64 bits per heavy atom. The first kappa shape index (κ1) is 10.3. The predicted molar refractivity (Wildman–Crippen MR) is 61.7 cm³/mol. The van der Waals surface area contributed by atoms with Crippen LogP contribution in [-0.4, -0.2) is 18.1 Å². The molecular formula is C10H19N3S. The lowest BCUT2D eigenvalue weighted by atomic mass is 9.99. The number of hydrogen-bond acceptors (Lipinski definition) is 4. The van der Waals surface area contributed by atoms with Gasteiger partial charge in [0.25, 0.3) is 0 Å². The molecular weight excluding hydrogens is 194 g/mol. The van der Waals surface area contributed by atoms with Crippen LogP contribution in [0.5, 0.6) is 0 Å². The fourth-order valence-corrected chi connectivity index (χ4v) is 3.16. The highest BCUT2D eigenvalue weighted by Crippen LogP contribution is 2.37. The van der Waals surface area contributed by atoms with E-state index in [-0.39, 0.29) is 5.50 Å². The minimum atomic E-state index is 0.102. The molecule has 0 radical (unpaired) electrons. The van der Waals surface area contributed by atoms with E-state index in [9.17, 15) is 0 Å². The van der Waals surface area contributed by atoms with Crippen LogP contribution in [0, 0.1) is 0 Å². The first-order chi connectivity index (χ1) is 6.79. The van der Waals surface area contributed by atoms with Gasteiger partial charge in [-0.2, -0.15) is 0 Å². The molecule has 80 valence electrons. The Hall–Kier alpha value is -0.190. The lowest BCUT2D eigenvalue weighted by Gasteiger charge is -2.23. The zero-order chi connectivity index (χ0) is 9.97. The smallest absolute Gasteiger partial charge is 0.127 e. The summed E-state index contributed by atoms with van der Waals surface area (Å²) in [5.41, 5.74) is 7.33. The van der Waals surface area contributed by atoms with Gasteiger partial charge in [0.1, 0.15) is 5.50 Å². The van der Waals surface area contributed by atoms with Crippen molar-refractivity contribution in [2.24, 2.45) is 5.73 Å². The van der Waals surface area contributed by atoms with Crippen LogP contribution >= 0.6 is 11.8 Å². The van der Waals surface area contributed by atoms with E-state index >= 15 is 0 Å². The van der Waals surface area contributed by atoms with Crippen molar-refractivity contribution in [2.75, 3.05) is 6.54 Å². The minimum Gasteiger partial charge on any atom is -0.364 e. The third-order valence-corrected chi connectivity index (χ3v) is 3.85. The van der Waals surface area contributed by atoms with Crippen molar-refractivity contribution in [3.05, 3.63) is 10.6 Å². The Labute approximate surface area is 89.9 Å². The Balaban J connectivity index is 1.87. The van der Waals surface area contributed by atoms with Crippen molar-refractivity contribution >= 4 is 11.8 Å². The van der Waals surface area contributed by atoms with Gasteiger partial charge in [0.2, 0.25) is 0 Å². The maximum Gasteiger partial charge on any atom is 0.127 e. The van der Waals surface area contributed by atoms with Crippen molar-refractivity contribution in [3.63, 3.8) is 0 Å². The molecule has 0 bridgehead atoms. The first-order valence-electron chi connectivity index (χ1n) is 5.43. The maximum absolute atomic E-state index is 5.83. The summed E-state index contributed by atoms with van der Waals surface area (Å²) < 4.78 is 0. The molecule has 4 heteroatoms. The van der Waals surface area contributed by atoms with Crippen molar-refractivity contribution in [1.82, 2.24) is 10.6 Å². The topological polar surface area (TPSA) is 50.1 Å². The Kier molecular flexibility index (Phi) is 3.36. The number of thioether (sulfide) groups is 1. The van der Waals surface area contributed by atoms with Crippen molar-refractivity contribution < 1.29 is 0 Å². The second-order valence-electron chi connectivity index (χ2n) is 3.98. The normalized spacial score (nSPS) is 31.6. The first-order valence-corrected chi connectivity index (χ1v) is 6.31. The lowest BCUT2D eigenvalue weighted by molar-refractivity contribution is 0.458. The van der Waals surface area contributed by atoms with E-state index in [4.69, 9.17) is 5.73 Å². The van der Waals surface area contributed by atoms with Crippen LogP contribution in [0.3, 0.4) is 0 Å². The second kappa shape index (κ2) is 4.55. The molecule has 0 aromatic carbocycles. The van der Waals surface area contributed by atoms with Gasteiger partial charge in [-0.05, 0) is 32.2 Å². The summed E-state index contributed by atoms with van der Waals surface area (Å²) in [5.74, 6) is 0. The Morgan fingerprint density at radius 3 is 3.29 bits per heavy atom. The van der Waals surface area contributed by atoms with E-state index in [0.717, 1.165) is 13.0 Å². The molecule has 0 unspecified atom stereocenters. The molecule has 0 saturated carbocycles. The average molecular weight is 213 g/mol. The van der Waals surface area contributed by atoms with E-state index in [1.54, 1.807) is 11.8 Å². The monoisotopic (exact) mass is 213 g/mol. The Bertz CT molecular complexity index is 240. The van der Waals surface area contributed by atoms with E-state index in [0.29, 0.717) is 6.04 Å². The van der Waals surface area contributed by atoms with Gasteiger partial charge in [-0.3, -0.25) is 0 Å². The molecule has 0 aromatic rings. The quantitative estimate of drug-likeness (QED) is 0.662. The molecule has 1 heterocycles. The summed E-state index contributed by atoms with van der Waals surface area (Å²) in [7, 11) is 0. The molecule has 3 nitrogen and oxygen atoms in total. The highest BCUT2D eigenvalue weighted by molar-refractivity contribution is 8.03. The molecule has 4 N–H and O–H groups in total. The van der Waals surface area contributed by atoms with Crippen LogP contribution in [0.1, 0.15) is 32.6 Å². The number of nitrogens with two attached hydrogens (primary N) is 1. The Morgan fingerprint density at radius 2 is 2.50 bits per heavy atom. The molecule has 0 saturated heterocycles. The molecule has 14 heavy (non-hydrogen) atoms. The van der Waals surface area contributed by atoms with E-state index in [1.807, 2.05) is 0 Å². The average Bonchev–Trinajstić information content (AvgIpc) is 2.54. The molecule has 0 amide bonds. The van der Waals surface area contributed by atoms with Crippen LogP contribution in [0.25, 0.3) is 0 Å². The van der Waals surface area contributed by atoms with E-state index in [2.05, 4.69) is 17.6 Å². The number of allylic oxidation sites excluding steroid dienone is 1. The SMILES string of the molecule is CCCN[C@H]1CCC2=C(C1)S[C@@H](N)N2. The highest BCUT2D eigenvalue weighted by atomic mass is 32.2. The number of hydrogen-bond donors (Lipinski definition) is 3. The van der Waals surface area contributed by atoms with Crippen LogP contribution in [0.4, 0.5) is 0 Å².